The summed E-state index contributed by atoms with van der Waals surface area (Å²) in [7, 11) is 0. The van der Waals surface area contributed by atoms with Crippen LogP contribution in [0.5, 0.6) is 0 Å². The minimum absolute atomic E-state index is 0.588. The lowest BCUT2D eigenvalue weighted by molar-refractivity contribution is 0.170. The number of hydrogen-bond donors (Lipinski definition) is 1. The molecule has 1 N–H and O–H groups in total. The van der Waals surface area contributed by atoms with Gasteiger partial charge in [0.2, 0.25) is 5.89 Å². The Labute approximate surface area is 120 Å². The molecule has 3 aliphatic rings. The van der Waals surface area contributed by atoms with E-state index >= 15 is 0 Å². The first-order valence-electron chi connectivity index (χ1n) is 8.15. The lowest BCUT2D eigenvalue weighted by atomic mass is 10.0. The molecule has 1 aromatic heterocycles. The summed E-state index contributed by atoms with van der Waals surface area (Å²) in [5, 5.41) is 7.81. The van der Waals surface area contributed by atoms with E-state index in [0.29, 0.717) is 5.92 Å². The summed E-state index contributed by atoms with van der Waals surface area (Å²) in [4.78, 5) is 6.96. The molecule has 2 heterocycles. The fraction of sp³-hybridized carbons (Fsp3) is 0.867. The molecule has 0 bridgehead atoms. The van der Waals surface area contributed by atoms with E-state index in [4.69, 9.17) is 4.52 Å². The SMILES string of the molecule is C1CC1CNC1CCN(Cc2nc(C3CC3)no2)CC1. The molecule has 0 unspecified atom stereocenters. The van der Waals surface area contributed by atoms with Crippen LogP contribution in [0.2, 0.25) is 0 Å². The number of likely N-dealkylation sites (tertiary alicyclic amines) is 1. The van der Waals surface area contributed by atoms with Crippen LogP contribution in [0.3, 0.4) is 0 Å². The smallest absolute Gasteiger partial charge is 0.240 e. The predicted octanol–water partition coefficient (Wildman–Crippen LogP) is 1.91. The van der Waals surface area contributed by atoms with Crippen molar-refractivity contribution in [1.82, 2.24) is 20.4 Å². The predicted molar refractivity (Wildman–Crippen MR) is 75.3 cm³/mol. The maximum Gasteiger partial charge on any atom is 0.240 e. The van der Waals surface area contributed by atoms with Crippen LogP contribution < -0.4 is 5.32 Å². The third kappa shape index (κ3) is 3.20. The molecule has 2 saturated carbocycles. The van der Waals surface area contributed by atoms with E-state index in [1.807, 2.05) is 0 Å². The number of nitrogens with zero attached hydrogens (tertiary/aromatic N) is 3. The van der Waals surface area contributed by atoms with Crippen LogP contribution in [-0.4, -0.2) is 40.7 Å². The van der Waals surface area contributed by atoms with E-state index in [2.05, 4.69) is 20.4 Å². The van der Waals surface area contributed by atoms with Crippen molar-refractivity contribution in [1.29, 1.82) is 0 Å². The van der Waals surface area contributed by atoms with Crippen LogP contribution in [0, 0.1) is 5.92 Å². The lowest BCUT2D eigenvalue weighted by Crippen LogP contribution is -2.42. The molecule has 1 saturated heterocycles. The van der Waals surface area contributed by atoms with Crippen molar-refractivity contribution in [3.8, 4) is 0 Å². The number of aromatic nitrogens is 2. The Kier molecular flexibility index (Phi) is 3.48. The summed E-state index contributed by atoms with van der Waals surface area (Å²) >= 11 is 0. The highest BCUT2D eigenvalue weighted by atomic mass is 16.5. The summed E-state index contributed by atoms with van der Waals surface area (Å²) in [6.07, 6.45) is 7.83. The van der Waals surface area contributed by atoms with Gasteiger partial charge < -0.3 is 9.84 Å². The average molecular weight is 276 g/mol. The largest absolute Gasteiger partial charge is 0.338 e. The molecule has 1 aromatic rings. The molecule has 0 spiro atoms. The summed E-state index contributed by atoms with van der Waals surface area (Å²) in [6.45, 7) is 4.35. The molecule has 4 rings (SSSR count). The lowest BCUT2D eigenvalue weighted by Gasteiger charge is -2.31. The van der Waals surface area contributed by atoms with Crippen LogP contribution in [0.1, 0.15) is 56.2 Å². The first-order chi connectivity index (χ1) is 9.87. The highest BCUT2D eigenvalue weighted by molar-refractivity contribution is 5.03. The minimum atomic E-state index is 0.588. The van der Waals surface area contributed by atoms with Gasteiger partial charge in [-0.05, 0) is 51.0 Å². The Hall–Kier alpha value is -0.940. The number of rotatable bonds is 6. The standard InChI is InChI=1S/C15H24N4O/c1-2-11(1)9-16-13-5-7-19(8-6-13)10-14-17-15(18-20-14)12-3-4-12/h11-13,16H,1-10H2. The maximum absolute atomic E-state index is 5.36. The number of hydrogen-bond acceptors (Lipinski definition) is 5. The molecule has 2 aliphatic carbocycles. The second kappa shape index (κ2) is 5.45. The number of nitrogens with one attached hydrogen (secondary N) is 1. The third-order valence-electron chi connectivity index (χ3n) is 4.76. The van der Waals surface area contributed by atoms with Crippen molar-refractivity contribution in [2.24, 2.45) is 5.92 Å². The fourth-order valence-electron chi connectivity index (χ4n) is 2.98. The van der Waals surface area contributed by atoms with E-state index in [0.717, 1.165) is 43.3 Å². The third-order valence-corrected chi connectivity index (χ3v) is 4.76. The fourth-order valence-corrected chi connectivity index (χ4v) is 2.98. The van der Waals surface area contributed by atoms with Crippen molar-refractivity contribution in [3.63, 3.8) is 0 Å². The van der Waals surface area contributed by atoms with Gasteiger partial charge in [-0.1, -0.05) is 5.16 Å². The molecule has 5 nitrogen and oxygen atoms in total. The molecule has 110 valence electrons. The molecular weight excluding hydrogens is 252 g/mol. The second-order valence-electron chi connectivity index (χ2n) is 6.72. The normalized spacial score (nSPS) is 25.2. The molecule has 1 aliphatic heterocycles. The van der Waals surface area contributed by atoms with Gasteiger partial charge in [0, 0.05) is 25.0 Å². The van der Waals surface area contributed by atoms with Crippen LogP contribution in [0.15, 0.2) is 4.52 Å². The summed E-state index contributed by atoms with van der Waals surface area (Å²) in [5.41, 5.74) is 0. The van der Waals surface area contributed by atoms with Gasteiger partial charge in [-0.15, -0.1) is 0 Å². The highest BCUT2D eigenvalue weighted by Gasteiger charge is 2.29. The molecule has 20 heavy (non-hydrogen) atoms. The van der Waals surface area contributed by atoms with Crippen LogP contribution >= 0.6 is 0 Å². The van der Waals surface area contributed by atoms with Gasteiger partial charge in [-0.25, -0.2) is 0 Å². The van der Waals surface area contributed by atoms with Gasteiger partial charge in [0.25, 0.3) is 0 Å². The van der Waals surface area contributed by atoms with Crippen molar-refractivity contribution >= 4 is 0 Å². The van der Waals surface area contributed by atoms with Crippen LogP contribution in [0.25, 0.3) is 0 Å². The van der Waals surface area contributed by atoms with Crippen molar-refractivity contribution in [2.45, 2.75) is 57.0 Å². The Morgan fingerprint density at radius 1 is 1.10 bits per heavy atom. The Balaban J connectivity index is 1.21. The quantitative estimate of drug-likeness (QED) is 0.860. The average Bonchev–Trinajstić information content (AvgIpc) is 3.39. The van der Waals surface area contributed by atoms with E-state index in [9.17, 15) is 0 Å². The van der Waals surface area contributed by atoms with Crippen LogP contribution in [-0.2, 0) is 6.54 Å². The zero-order valence-electron chi connectivity index (χ0n) is 12.1. The van der Waals surface area contributed by atoms with Crippen molar-refractivity contribution < 1.29 is 4.52 Å². The summed E-state index contributed by atoms with van der Waals surface area (Å²) < 4.78 is 5.36. The molecule has 0 amide bonds. The summed E-state index contributed by atoms with van der Waals surface area (Å²) in [5.74, 6) is 3.30. The zero-order valence-corrected chi connectivity index (χ0v) is 12.1. The van der Waals surface area contributed by atoms with E-state index in [1.165, 1.54) is 45.1 Å². The van der Waals surface area contributed by atoms with Gasteiger partial charge in [0.15, 0.2) is 5.82 Å². The molecular formula is C15H24N4O. The maximum atomic E-state index is 5.36. The molecule has 0 atom stereocenters. The summed E-state index contributed by atoms with van der Waals surface area (Å²) in [6, 6.07) is 0.719. The minimum Gasteiger partial charge on any atom is -0.338 e. The molecule has 0 radical (unpaired) electrons. The zero-order chi connectivity index (χ0) is 13.4. The monoisotopic (exact) mass is 276 g/mol. The van der Waals surface area contributed by atoms with Gasteiger partial charge in [0.05, 0.1) is 6.54 Å². The molecule has 3 fully saturated rings. The van der Waals surface area contributed by atoms with Gasteiger partial charge in [0.1, 0.15) is 0 Å². The van der Waals surface area contributed by atoms with Crippen molar-refractivity contribution in [3.05, 3.63) is 11.7 Å². The first-order valence-corrected chi connectivity index (χ1v) is 8.15. The van der Waals surface area contributed by atoms with Crippen LogP contribution in [0.4, 0.5) is 0 Å². The molecule has 0 aromatic carbocycles. The topological polar surface area (TPSA) is 54.2 Å². The Morgan fingerprint density at radius 2 is 1.90 bits per heavy atom. The van der Waals surface area contributed by atoms with E-state index in [-0.39, 0.29) is 0 Å². The second-order valence-corrected chi connectivity index (χ2v) is 6.72. The van der Waals surface area contributed by atoms with Crippen molar-refractivity contribution in [2.75, 3.05) is 19.6 Å². The van der Waals surface area contributed by atoms with Gasteiger partial charge in [-0.2, -0.15) is 4.98 Å². The first kappa shape index (κ1) is 12.8. The Morgan fingerprint density at radius 3 is 2.60 bits per heavy atom. The van der Waals surface area contributed by atoms with Gasteiger partial charge in [-0.3, -0.25) is 4.90 Å². The van der Waals surface area contributed by atoms with E-state index < -0.39 is 0 Å². The highest BCUT2D eigenvalue weighted by Crippen LogP contribution is 2.38. The van der Waals surface area contributed by atoms with Gasteiger partial charge >= 0.3 is 0 Å². The van der Waals surface area contributed by atoms with E-state index in [1.54, 1.807) is 0 Å². The molecule has 5 heteroatoms. The Bertz CT molecular complexity index is 444. The number of piperidine rings is 1.